The lowest BCUT2D eigenvalue weighted by atomic mass is 9.97. The van der Waals surface area contributed by atoms with Crippen molar-refractivity contribution in [1.29, 1.82) is 0 Å². The van der Waals surface area contributed by atoms with Crippen LogP contribution in [0.3, 0.4) is 0 Å². The minimum Gasteiger partial charge on any atom is -0.496 e. The summed E-state index contributed by atoms with van der Waals surface area (Å²) >= 11 is 0. The summed E-state index contributed by atoms with van der Waals surface area (Å²) in [4.78, 5) is 28.1. The second kappa shape index (κ2) is 11.7. The highest BCUT2D eigenvalue weighted by Crippen LogP contribution is 2.37. The molecule has 1 atom stereocenters. The zero-order valence-electron chi connectivity index (χ0n) is 20.6. The summed E-state index contributed by atoms with van der Waals surface area (Å²) in [7, 11) is 3.04. The van der Waals surface area contributed by atoms with Gasteiger partial charge in [0.1, 0.15) is 23.9 Å². The number of benzene rings is 3. The number of hydrogen-bond acceptors (Lipinski definition) is 5. The third-order valence-corrected chi connectivity index (χ3v) is 6.09. The summed E-state index contributed by atoms with van der Waals surface area (Å²) in [6.45, 7) is 0.0121. The summed E-state index contributed by atoms with van der Waals surface area (Å²) in [6, 6.07) is 18.0. The molecule has 0 bridgehead atoms. The highest BCUT2D eigenvalue weighted by atomic mass is 19.1. The first-order valence-corrected chi connectivity index (χ1v) is 11.7. The molecule has 37 heavy (non-hydrogen) atoms. The largest absolute Gasteiger partial charge is 0.496 e. The minimum atomic E-state index is -0.548. The molecule has 9 heteroatoms. The van der Waals surface area contributed by atoms with Gasteiger partial charge in [-0.15, -0.1) is 0 Å². The van der Waals surface area contributed by atoms with Crippen molar-refractivity contribution in [3.05, 3.63) is 101 Å². The van der Waals surface area contributed by atoms with Crippen molar-refractivity contribution in [3.8, 4) is 5.75 Å². The fraction of sp³-hybridized carbons (Fsp3) is 0.250. The van der Waals surface area contributed by atoms with Gasteiger partial charge in [0.05, 0.1) is 25.5 Å². The second-order valence-corrected chi connectivity index (χ2v) is 8.48. The number of amides is 2. The van der Waals surface area contributed by atoms with Gasteiger partial charge in [-0.3, -0.25) is 9.59 Å². The van der Waals surface area contributed by atoms with Gasteiger partial charge in [-0.1, -0.05) is 36.4 Å². The van der Waals surface area contributed by atoms with Crippen molar-refractivity contribution in [2.45, 2.75) is 12.5 Å². The molecular formula is C28H27F2N3O4. The number of carbonyl (C=O) groups is 2. The van der Waals surface area contributed by atoms with E-state index in [1.165, 1.54) is 47.4 Å². The molecule has 7 nitrogen and oxygen atoms in total. The summed E-state index contributed by atoms with van der Waals surface area (Å²) < 4.78 is 37.9. The van der Waals surface area contributed by atoms with Gasteiger partial charge in [-0.2, -0.15) is 5.10 Å². The van der Waals surface area contributed by atoms with Crippen molar-refractivity contribution in [2.24, 2.45) is 5.10 Å². The van der Waals surface area contributed by atoms with Crippen LogP contribution in [0.4, 0.5) is 8.78 Å². The molecule has 0 aromatic heterocycles. The first kappa shape index (κ1) is 26.0. The Morgan fingerprint density at radius 1 is 1.00 bits per heavy atom. The van der Waals surface area contributed by atoms with E-state index in [0.717, 1.165) is 11.6 Å². The van der Waals surface area contributed by atoms with Crippen molar-refractivity contribution in [1.82, 2.24) is 9.91 Å². The van der Waals surface area contributed by atoms with E-state index in [1.54, 1.807) is 25.3 Å². The van der Waals surface area contributed by atoms with E-state index < -0.39 is 23.7 Å². The fourth-order valence-electron chi connectivity index (χ4n) is 4.23. The number of methoxy groups -OCH3 is 2. The molecule has 2 amide bonds. The van der Waals surface area contributed by atoms with Gasteiger partial charge < -0.3 is 14.4 Å². The SMILES string of the molecule is COCCN(CC(=O)N1N=C(c2ccc(F)cc2)C[C@H]1c1ccccc1OC)C(=O)c1cccc(F)c1. The Kier molecular flexibility index (Phi) is 8.25. The first-order chi connectivity index (χ1) is 17.9. The lowest BCUT2D eigenvalue weighted by molar-refractivity contribution is -0.133. The average molecular weight is 508 g/mol. The van der Waals surface area contributed by atoms with Gasteiger partial charge in [0.15, 0.2) is 0 Å². The maximum Gasteiger partial charge on any atom is 0.262 e. The molecule has 4 rings (SSSR count). The predicted octanol–water partition coefficient (Wildman–Crippen LogP) is 4.44. The van der Waals surface area contributed by atoms with Crippen molar-refractivity contribution < 1.29 is 27.8 Å². The van der Waals surface area contributed by atoms with Crippen LogP contribution in [-0.2, 0) is 9.53 Å². The average Bonchev–Trinajstić information content (AvgIpc) is 3.36. The van der Waals surface area contributed by atoms with Gasteiger partial charge in [0, 0.05) is 31.2 Å². The topological polar surface area (TPSA) is 71.4 Å². The van der Waals surface area contributed by atoms with Crippen molar-refractivity contribution >= 4 is 17.5 Å². The Balaban J connectivity index is 1.66. The molecule has 3 aromatic rings. The van der Waals surface area contributed by atoms with Crippen LogP contribution >= 0.6 is 0 Å². The standard InChI is InChI=1S/C28H27F2N3O4/c1-36-15-14-32(28(35)20-6-5-7-22(30)16-20)18-27(34)33-25(23-8-3-4-9-26(23)37-2)17-24(31-33)19-10-12-21(29)13-11-19/h3-13,16,25H,14-15,17-18H2,1-2H3/t25-/m0/s1. The van der Waals surface area contributed by atoms with E-state index in [2.05, 4.69) is 5.10 Å². The Bertz CT molecular complexity index is 1300. The van der Waals surface area contributed by atoms with Crippen LogP contribution in [0.5, 0.6) is 5.75 Å². The molecule has 0 fully saturated rings. The summed E-state index contributed by atoms with van der Waals surface area (Å²) in [5, 5.41) is 5.94. The van der Waals surface area contributed by atoms with E-state index in [4.69, 9.17) is 9.47 Å². The molecule has 0 spiro atoms. The quantitative estimate of drug-likeness (QED) is 0.429. The van der Waals surface area contributed by atoms with Crippen LogP contribution in [-0.4, -0.2) is 61.4 Å². The van der Waals surface area contributed by atoms with Crippen LogP contribution in [0.25, 0.3) is 0 Å². The lowest BCUT2D eigenvalue weighted by Gasteiger charge is -2.27. The molecule has 0 saturated heterocycles. The van der Waals surface area contributed by atoms with Gasteiger partial charge in [-0.25, -0.2) is 13.8 Å². The third kappa shape index (κ3) is 6.00. The lowest BCUT2D eigenvalue weighted by Crippen LogP contribution is -2.42. The number of halogens is 2. The summed E-state index contributed by atoms with van der Waals surface area (Å²) in [6.07, 6.45) is 0.369. The molecule has 1 heterocycles. The molecule has 3 aromatic carbocycles. The highest BCUT2D eigenvalue weighted by Gasteiger charge is 2.36. The molecule has 0 aliphatic carbocycles. The Hall–Kier alpha value is -4.11. The third-order valence-electron chi connectivity index (χ3n) is 6.09. The highest BCUT2D eigenvalue weighted by molar-refractivity contribution is 6.03. The predicted molar refractivity (Wildman–Crippen MR) is 134 cm³/mol. The maximum atomic E-state index is 13.8. The zero-order chi connectivity index (χ0) is 26.4. The van der Waals surface area contributed by atoms with Crippen LogP contribution < -0.4 is 4.74 Å². The maximum absolute atomic E-state index is 13.8. The molecule has 1 aliphatic rings. The van der Waals surface area contributed by atoms with E-state index in [9.17, 15) is 18.4 Å². The number of ether oxygens (including phenoxy) is 2. The first-order valence-electron chi connectivity index (χ1n) is 11.7. The smallest absolute Gasteiger partial charge is 0.262 e. The summed E-state index contributed by atoms with van der Waals surface area (Å²) in [5.74, 6) is -1.27. The van der Waals surface area contributed by atoms with Crippen LogP contribution in [0.1, 0.15) is 33.9 Å². The van der Waals surface area contributed by atoms with Crippen molar-refractivity contribution in [2.75, 3.05) is 33.9 Å². The van der Waals surface area contributed by atoms with Gasteiger partial charge >= 0.3 is 0 Å². The Morgan fingerprint density at radius 3 is 2.46 bits per heavy atom. The number of carbonyl (C=O) groups excluding carboxylic acids is 2. The molecule has 0 radical (unpaired) electrons. The van der Waals surface area contributed by atoms with Crippen LogP contribution in [0.2, 0.25) is 0 Å². The zero-order valence-corrected chi connectivity index (χ0v) is 20.6. The van der Waals surface area contributed by atoms with E-state index in [-0.39, 0.29) is 31.1 Å². The van der Waals surface area contributed by atoms with Gasteiger partial charge in [0.25, 0.3) is 11.8 Å². The van der Waals surface area contributed by atoms with E-state index >= 15 is 0 Å². The number of nitrogens with zero attached hydrogens (tertiary/aromatic N) is 3. The fourth-order valence-corrected chi connectivity index (χ4v) is 4.23. The molecule has 1 aliphatic heterocycles. The Labute approximate surface area is 213 Å². The molecule has 192 valence electrons. The second-order valence-electron chi connectivity index (χ2n) is 8.48. The minimum absolute atomic E-state index is 0.124. The molecule has 0 saturated carbocycles. The normalized spacial score (nSPS) is 14.9. The van der Waals surface area contributed by atoms with E-state index in [0.29, 0.717) is 23.4 Å². The van der Waals surface area contributed by atoms with Gasteiger partial charge in [-0.05, 0) is 42.0 Å². The van der Waals surface area contributed by atoms with E-state index in [1.807, 2.05) is 18.2 Å². The monoisotopic (exact) mass is 507 g/mol. The molecular weight excluding hydrogens is 480 g/mol. The van der Waals surface area contributed by atoms with Crippen molar-refractivity contribution in [3.63, 3.8) is 0 Å². The molecule has 0 unspecified atom stereocenters. The van der Waals surface area contributed by atoms with Crippen LogP contribution in [0.15, 0.2) is 77.9 Å². The number of hydrazone groups is 1. The van der Waals surface area contributed by atoms with Crippen LogP contribution in [0, 0.1) is 11.6 Å². The van der Waals surface area contributed by atoms with Gasteiger partial charge in [0.2, 0.25) is 0 Å². The Morgan fingerprint density at radius 2 is 1.76 bits per heavy atom. The number of rotatable bonds is 9. The summed E-state index contributed by atoms with van der Waals surface area (Å²) in [5.41, 5.74) is 2.16. The number of hydrogen-bond donors (Lipinski definition) is 0. The molecule has 0 N–H and O–H groups in total. The number of para-hydroxylation sites is 1.